The molecule has 1 aromatic carbocycles. The lowest BCUT2D eigenvalue weighted by Gasteiger charge is -2.20. The van der Waals surface area contributed by atoms with Crippen molar-refractivity contribution in [3.05, 3.63) is 28.3 Å². The fraction of sp³-hybridized carbons (Fsp3) is 0.562. The van der Waals surface area contributed by atoms with Crippen molar-refractivity contribution in [3.8, 4) is 0 Å². The number of nitro benzene ring substituents is 1. The van der Waals surface area contributed by atoms with Crippen molar-refractivity contribution in [2.24, 2.45) is 5.92 Å². The van der Waals surface area contributed by atoms with E-state index >= 15 is 0 Å². The monoisotopic (exact) mass is 387 g/mol. The van der Waals surface area contributed by atoms with Gasteiger partial charge in [0, 0.05) is 19.2 Å². The minimum atomic E-state index is -3.85. The first kappa shape index (κ1) is 21.8. The van der Waals surface area contributed by atoms with E-state index in [-0.39, 0.29) is 36.0 Å². The topological polar surface area (TPSA) is 130 Å². The van der Waals surface area contributed by atoms with Crippen molar-refractivity contribution < 1.29 is 23.2 Å². The highest BCUT2D eigenvalue weighted by molar-refractivity contribution is 7.89. The largest absolute Gasteiger partial charge is 0.480 e. The number of hydrogen-bond donors (Lipinski definition) is 2. The molecular weight excluding hydrogens is 362 g/mol. The molecule has 26 heavy (non-hydrogen) atoms. The second-order valence-corrected chi connectivity index (χ2v) is 8.13. The smallest absolute Gasteiger partial charge is 0.326 e. The molecule has 0 aliphatic rings. The first-order valence-corrected chi connectivity index (χ1v) is 9.76. The lowest BCUT2D eigenvalue weighted by atomic mass is 10.0. The maximum absolute atomic E-state index is 12.5. The molecule has 0 radical (unpaired) electrons. The van der Waals surface area contributed by atoms with Gasteiger partial charge in [-0.3, -0.25) is 10.1 Å². The Bertz CT molecular complexity index is 759. The molecule has 0 aliphatic carbocycles. The molecule has 0 aromatic heterocycles. The predicted octanol–water partition coefficient (Wildman–Crippen LogP) is 2.54. The highest BCUT2D eigenvalue weighted by Crippen LogP contribution is 2.30. The number of hydrogen-bond acceptors (Lipinski definition) is 6. The van der Waals surface area contributed by atoms with Gasteiger partial charge in [0.25, 0.3) is 5.69 Å². The van der Waals surface area contributed by atoms with Crippen LogP contribution in [0.2, 0.25) is 0 Å². The Kier molecular flexibility index (Phi) is 7.52. The van der Waals surface area contributed by atoms with Gasteiger partial charge in [0.05, 0.1) is 9.82 Å². The minimum absolute atomic E-state index is 0.0263. The van der Waals surface area contributed by atoms with Gasteiger partial charge in [-0.1, -0.05) is 27.7 Å². The van der Waals surface area contributed by atoms with Crippen molar-refractivity contribution in [2.75, 3.05) is 18.4 Å². The zero-order valence-corrected chi connectivity index (χ0v) is 16.1. The molecule has 0 fully saturated rings. The number of sulfonamides is 1. The zero-order chi connectivity index (χ0) is 20.1. The summed E-state index contributed by atoms with van der Waals surface area (Å²) < 4.78 is 26.3. The summed E-state index contributed by atoms with van der Waals surface area (Å²) in [6.07, 6.45) is 0.270. The van der Waals surface area contributed by atoms with Crippen molar-refractivity contribution in [1.82, 2.24) is 4.31 Å². The fourth-order valence-corrected chi connectivity index (χ4v) is 4.02. The molecule has 0 amide bonds. The van der Waals surface area contributed by atoms with Gasteiger partial charge in [0.2, 0.25) is 10.0 Å². The van der Waals surface area contributed by atoms with E-state index in [1.807, 2.05) is 13.8 Å². The lowest BCUT2D eigenvalue weighted by Crippen LogP contribution is -2.31. The van der Waals surface area contributed by atoms with Crippen LogP contribution in [0.4, 0.5) is 11.4 Å². The summed E-state index contributed by atoms with van der Waals surface area (Å²) in [7, 11) is -3.85. The van der Waals surface area contributed by atoms with Gasteiger partial charge in [-0.2, -0.15) is 4.31 Å². The zero-order valence-electron chi connectivity index (χ0n) is 15.3. The summed E-state index contributed by atoms with van der Waals surface area (Å²) in [5, 5.41) is 23.3. The van der Waals surface area contributed by atoms with Crippen LogP contribution in [0.3, 0.4) is 0 Å². The van der Waals surface area contributed by atoms with Gasteiger partial charge in [-0.15, -0.1) is 0 Å². The van der Waals surface area contributed by atoms with E-state index < -0.39 is 32.6 Å². The maximum Gasteiger partial charge on any atom is 0.326 e. The Morgan fingerprint density at radius 2 is 1.88 bits per heavy atom. The predicted molar refractivity (Wildman–Crippen MR) is 97.7 cm³/mol. The number of nitro groups is 1. The summed E-state index contributed by atoms with van der Waals surface area (Å²) in [5.41, 5.74) is -0.505. The van der Waals surface area contributed by atoms with Crippen LogP contribution >= 0.6 is 0 Å². The second kappa shape index (κ2) is 8.95. The summed E-state index contributed by atoms with van der Waals surface area (Å²) >= 11 is 0. The third-order valence-corrected chi connectivity index (χ3v) is 5.89. The summed E-state index contributed by atoms with van der Waals surface area (Å²) in [5.74, 6) is -1.07. The molecule has 0 bridgehead atoms. The average Bonchev–Trinajstić information content (AvgIpc) is 2.54. The van der Waals surface area contributed by atoms with E-state index in [4.69, 9.17) is 0 Å². The van der Waals surface area contributed by atoms with Gasteiger partial charge in [0.15, 0.2) is 0 Å². The Labute approximate surface area is 153 Å². The number of nitrogens with zero attached hydrogens (tertiary/aromatic N) is 2. The number of nitrogens with one attached hydrogen (secondary N) is 1. The average molecular weight is 387 g/mol. The fourth-order valence-electron chi connectivity index (χ4n) is 2.54. The summed E-state index contributed by atoms with van der Waals surface area (Å²) in [6.45, 7) is 7.51. The highest BCUT2D eigenvalue weighted by Gasteiger charge is 2.27. The lowest BCUT2D eigenvalue weighted by molar-refractivity contribution is -0.384. The van der Waals surface area contributed by atoms with Gasteiger partial charge in [-0.05, 0) is 24.5 Å². The van der Waals surface area contributed by atoms with E-state index in [1.165, 1.54) is 16.4 Å². The van der Waals surface area contributed by atoms with Crippen molar-refractivity contribution in [2.45, 2.75) is 45.1 Å². The van der Waals surface area contributed by atoms with Crippen LogP contribution in [0.15, 0.2) is 23.1 Å². The number of carboxylic acids is 1. The second-order valence-electron chi connectivity index (χ2n) is 6.19. The quantitative estimate of drug-likeness (QED) is 0.466. The number of anilines is 1. The number of carboxylic acid groups (broad SMARTS) is 1. The molecule has 0 unspecified atom stereocenters. The number of benzene rings is 1. The third kappa shape index (κ3) is 5.15. The molecule has 0 spiro atoms. The van der Waals surface area contributed by atoms with Crippen LogP contribution in [0.25, 0.3) is 0 Å². The number of rotatable bonds is 10. The SMILES string of the molecule is CCN(CC)S(=O)(=O)c1ccc(N[C@@H](CC(C)C)C(=O)O)c([N+](=O)[O-])c1. The first-order chi connectivity index (χ1) is 12.0. The van der Waals surface area contributed by atoms with E-state index in [1.54, 1.807) is 13.8 Å². The maximum atomic E-state index is 12.5. The molecule has 0 heterocycles. The Morgan fingerprint density at radius 3 is 2.31 bits per heavy atom. The molecule has 10 heteroatoms. The van der Waals surface area contributed by atoms with Crippen LogP contribution in [0, 0.1) is 16.0 Å². The highest BCUT2D eigenvalue weighted by atomic mass is 32.2. The first-order valence-electron chi connectivity index (χ1n) is 8.32. The minimum Gasteiger partial charge on any atom is -0.480 e. The standard InChI is InChI=1S/C16H25N3O6S/c1-5-18(6-2)26(24,25)12-7-8-13(15(10-12)19(22)23)17-14(16(20)21)9-11(3)4/h7-8,10-11,14,17H,5-6,9H2,1-4H3,(H,20,21)/t14-/m0/s1. The molecule has 1 atom stereocenters. The van der Waals surface area contributed by atoms with Crippen molar-refractivity contribution >= 4 is 27.4 Å². The molecule has 146 valence electrons. The van der Waals surface area contributed by atoms with Crippen LogP contribution in [0.5, 0.6) is 0 Å². The Morgan fingerprint density at radius 1 is 1.31 bits per heavy atom. The van der Waals surface area contributed by atoms with E-state index in [0.29, 0.717) is 0 Å². The van der Waals surface area contributed by atoms with Crippen LogP contribution < -0.4 is 5.32 Å². The Balaban J connectivity index is 3.33. The van der Waals surface area contributed by atoms with Crippen LogP contribution in [-0.4, -0.2) is 47.9 Å². The molecule has 0 saturated heterocycles. The molecule has 1 aromatic rings. The van der Waals surface area contributed by atoms with Gasteiger partial charge < -0.3 is 10.4 Å². The van der Waals surface area contributed by atoms with Crippen molar-refractivity contribution in [3.63, 3.8) is 0 Å². The molecule has 9 nitrogen and oxygen atoms in total. The Hall–Kier alpha value is -2.20. The van der Waals surface area contributed by atoms with Gasteiger partial charge in [0.1, 0.15) is 11.7 Å². The number of carbonyl (C=O) groups is 1. The third-order valence-electron chi connectivity index (χ3n) is 3.84. The van der Waals surface area contributed by atoms with E-state index in [2.05, 4.69) is 5.32 Å². The van der Waals surface area contributed by atoms with Gasteiger partial charge >= 0.3 is 5.97 Å². The van der Waals surface area contributed by atoms with E-state index in [9.17, 15) is 28.4 Å². The molecular formula is C16H25N3O6S. The van der Waals surface area contributed by atoms with Gasteiger partial charge in [-0.25, -0.2) is 13.2 Å². The van der Waals surface area contributed by atoms with Crippen molar-refractivity contribution in [1.29, 1.82) is 0 Å². The summed E-state index contributed by atoms with van der Waals surface area (Å²) in [4.78, 5) is 21.8. The summed E-state index contributed by atoms with van der Waals surface area (Å²) in [6, 6.07) is 2.44. The normalized spacial score (nSPS) is 13.0. The van der Waals surface area contributed by atoms with E-state index in [0.717, 1.165) is 6.07 Å². The molecule has 0 aliphatic heterocycles. The molecule has 2 N–H and O–H groups in total. The van der Waals surface area contributed by atoms with Crippen LogP contribution in [0.1, 0.15) is 34.1 Å². The molecule has 0 saturated carbocycles. The number of aliphatic carboxylic acids is 1. The molecule has 1 rings (SSSR count). The van der Waals surface area contributed by atoms with Crippen LogP contribution in [-0.2, 0) is 14.8 Å².